The minimum atomic E-state index is -0.598. The van der Waals surface area contributed by atoms with Gasteiger partial charge in [-0.15, -0.1) is 0 Å². The van der Waals surface area contributed by atoms with Crippen molar-refractivity contribution in [1.82, 2.24) is 0 Å². The van der Waals surface area contributed by atoms with Crippen LogP contribution in [-0.2, 0) is 28.5 Å². The molecule has 5 aliphatic rings. The summed E-state index contributed by atoms with van der Waals surface area (Å²) >= 11 is 0. The quantitative estimate of drug-likeness (QED) is 0.684. The molecule has 5 rings (SSSR count). The minimum absolute atomic E-state index is 0.246. The number of rotatable bonds is 1. The zero-order valence-electron chi connectivity index (χ0n) is 14.0. The third-order valence-electron chi connectivity index (χ3n) is 6.27. The van der Waals surface area contributed by atoms with E-state index in [1.54, 1.807) is 0 Å². The van der Waals surface area contributed by atoms with E-state index >= 15 is 0 Å². The second kappa shape index (κ2) is 5.66. The second-order valence-corrected chi connectivity index (χ2v) is 7.93. The highest BCUT2D eigenvalue weighted by Gasteiger charge is 2.62. The number of cyclic esters (lactones) is 1. The van der Waals surface area contributed by atoms with E-state index in [-0.39, 0.29) is 18.2 Å². The minimum Gasteiger partial charge on any atom is -0.455 e. The molecule has 0 amide bonds. The predicted octanol–water partition coefficient (Wildman–Crippen LogP) is 2.43. The van der Waals surface area contributed by atoms with Crippen LogP contribution in [0, 0.1) is 0 Å². The number of hydrogen-bond donors (Lipinski definition) is 0. The number of hydrogen-bond acceptors (Lipinski definition) is 6. The SMILES string of the molecule is O=C1OC([C@H]2COC3(CCCCC3)O2)[C@H]2OC3(CCCCC3)O[C@@H]12. The van der Waals surface area contributed by atoms with Crippen LogP contribution in [0.5, 0.6) is 0 Å². The Morgan fingerprint density at radius 2 is 1.42 bits per heavy atom. The summed E-state index contributed by atoms with van der Waals surface area (Å²) in [6, 6.07) is 0. The maximum absolute atomic E-state index is 12.3. The molecule has 6 heteroatoms. The summed E-state index contributed by atoms with van der Waals surface area (Å²) in [6.45, 7) is 0.470. The lowest BCUT2D eigenvalue weighted by molar-refractivity contribution is -0.230. The molecule has 0 aromatic heterocycles. The van der Waals surface area contributed by atoms with Gasteiger partial charge in [0.2, 0.25) is 0 Å². The molecule has 24 heavy (non-hydrogen) atoms. The fraction of sp³-hybridized carbons (Fsp3) is 0.944. The molecular formula is C18H26O6. The van der Waals surface area contributed by atoms with Gasteiger partial charge in [-0.25, -0.2) is 4.79 Å². The second-order valence-electron chi connectivity index (χ2n) is 7.93. The van der Waals surface area contributed by atoms with Gasteiger partial charge in [0.05, 0.1) is 6.61 Å². The normalized spacial score (nSPS) is 43.2. The van der Waals surface area contributed by atoms with Crippen LogP contribution in [0.4, 0.5) is 0 Å². The highest BCUT2D eigenvalue weighted by atomic mass is 16.8. The Morgan fingerprint density at radius 3 is 2.12 bits per heavy atom. The van der Waals surface area contributed by atoms with Crippen LogP contribution < -0.4 is 0 Å². The topological polar surface area (TPSA) is 63.2 Å². The van der Waals surface area contributed by atoms with Gasteiger partial charge in [0.25, 0.3) is 0 Å². The van der Waals surface area contributed by atoms with Crippen molar-refractivity contribution in [2.45, 2.75) is 100 Å². The number of fused-ring (bicyclic) bond motifs is 1. The van der Waals surface area contributed by atoms with E-state index in [2.05, 4.69) is 0 Å². The van der Waals surface area contributed by atoms with E-state index in [0.29, 0.717) is 6.61 Å². The Bertz CT molecular complexity index is 508. The van der Waals surface area contributed by atoms with Crippen LogP contribution in [0.15, 0.2) is 0 Å². The zero-order valence-corrected chi connectivity index (χ0v) is 14.0. The Kier molecular flexibility index (Phi) is 3.67. The van der Waals surface area contributed by atoms with E-state index in [1.807, 2.05) is 0 Å². The van der Waals surface area contributed by atoms with Gasteiger partial charge in [0, 0.05) is 25.7 Å². The maximum Gasteiger partial charge on any atom is 0.338 e. The van der Waals surface area contributed by atoms with Gasteiger partial charge in [-0.1, -0.05) is 12.8 Å². The lowest BCUT2D eigenvalue weighted by Crippen LogP contribution is -2.43. The molecule has 0 radical (unpaired) electrons. The lowest BCUT2D eigenvalue weighted by atomic mass is 9.94. The van der Waals surface area contributed by atoms with Gasteiger partial charge < -0.3 is 23.7 Å². The summed E-state index contributed by atoms with van der Waals surface area (Å²) in [4.78, 5) is 12.3. The summed E-state index contributed by atoms with van der Waals surface area (Å²) in [7, 11) is 0. The molecule has 0 N–H and O–H groups in total. The summed E-state index contributed by atoms with van der Waals surface area (Å²) in [5.74, 6) is -1.34. The zero-order chi connectivity index (χ0) is 16.2. The molecule has 3 saturated heterocycles. The predicted molar refractivity (Wildman–Crippen MR) is 82.1 cm³/mol. The Hall–Kier alpha value is -0.690. The summed E-state index contributed by atoms with van der Waals surface area (Å²) in [5, 5.41) is 0. The lowest BCUT2D eigenvalue weighted by Gasteiger charge is -2.34. The van der Waals surface area contributed by atoms with Crippen molar-refractivity contribution in [3.8, 4) is 0 Å². The fourth-order valence-electron chi connectivity index (χ4n) is 5.03. The third-order valence-corrected chi connectivity index (χ3v) is 6.27. The summed E-state index contributed by atoms with van der Waals surface area (Å²) in [6.07, 6.45) is 8.87. The molecule has 5 fully saturated rings. The number of carbonyl (C=O) groups excluding carboxylic acids is 1. The maximum atomic E-state index is 12.3. The average Bonchev–Trinajstić information content (AvgIpc) is 3.24. The summed E-state index contributed by atoms with van der Waals surface area (Å²) < 4.78 is 30.2. The van der Waals surface area contributed by atoms with Gasteiger partial charge in [0.1, 0.15) is 12.2 Å². The molecule has 4 atom stereocenters. The van der Waals surface area contributed by atoms with Crippen molar-refractivity contribution in [1.29, 1.82) is 0 Å². The molecule has 1 unspecified atom stereocenters. The fourth-order valence-corrected chi connectivity index (χ4v) is 5.03. The van der Waals surface area contributed by atoms with Crippen LogP contribution in [0.1, 0.15) is 64.2 Å². The Balaban J connectivity index is 1.31. The molecule has 0 aromatic carbocycles. The van der Waals surface area contributed by atoms with E-state index in [9.17, 15) is 4.79 Å². The van der Waals surface area contributed by atoms with Crippen LogP contribution in [0.25, 0.3) is 0 Å². The van der Waals surface area contributed by atoms with Crippen LogP contribution in [-0.4, -0.2) is 48.6 Å². The van der Waals surface area contributed by atoms with Gasteiger partial charge in [-0.3, -0.25) is 0 Å². The molecule has 134 valence electrons. The van der Waals surface area contributed by atoms with E-state index in [1.165, 1.54) is 12.8 Å². The highest BCUT2D eigenvalue weighted by Crippen LogP contribution is 2.47. The number of carbonyl (C=O) groups is 1. The average molecular weight is 338 g/mol. The first kappa shape index (κ1) is 15.6. The Labute approximate surface area is 142 Å². The number of esters is 1. The molecule has 3 heterocycles. The first-order valence-electron chi connectivity index (χ1n) is 9.57. The van der Waals surface area contributed by atoms with Crippen LogP contribution in [0.3, 0.4) is 0 Å². The monoisotopic (exact) mass is 338 g/mol. The Morgan fingerprint density at radius 1 is 0.750 bits per heavy atom. The van der Waals surface area contributed by atoms with Gasteiger partial charge >= 0.3 is 5.97 Å². The molecule has 0 aromatic rings. The van der Waals surface area contributed by atoms with Crippen molar-refractivity contribution in [2.75, 3.05) is 6.61 Å². The largest absolute Gasteiger partial charge is 0.455 e. The van der Waals surface area contributed by atoms with Crippen LogP contribution in [0.2, 0.25) is 0 Å². The summed E-state index contributed by atoms with van der Waals surface area (Å²) in [5.41, 5.74) is 0. The van der Waals surface area contributed by atoms with Gasteiger partial charge in [-0.2, -0.15) is 0 Å². The molecule has 6 nitrogen and oxygen atoms in total. The smallest absolute Gasteiger partial charge is 0.338 e. The van der Waals surface area contributed by atoms with Crippen molar-refractivity contribution in [2.24, 2.45) is 0 Å². The highest BCUT2D eigenvalue weighted by molar-refractivity contribution is 5.78. The molecule has 0 bridgehead atoms. The van der Waals surface area contributed by atoms with E-state index in [4.69, 9.17) is 23.7 Å². The molecule has 2 saturated carbocycles. The van der Waals surface area contributed by atoms with Gasteiger partial charge in [-0.05, 0) is 25.7 Å². The third kappa shape index (κ3) is 2.42. The number of ether oxygens (including phenoxy) is 5. The molecule has 2 spiro atoms. The van der Waals surface area contributed by atoms with Crippen molar-refractivity contribution < 1.29 is 28.5 Å². The van der Waals surface area contributed by atoms with Crippen molar-refractivity contribution in [3.05, 3.63) is 0 Å². The van der Waals surface area contributed by atoms with Gasteiger partial charge in [0.15, 0.2) is 23.8 Å². The standard InChI is InChI=1S/C18H26O6/c19-16-15-14(23-18(24-15)9-5-2-6-10-18)13(21-16)12-11-20-17(22-12)7-3-1-4-8-17/h12-15H,1-11H2/t12-,13?,14-,15-/m1/s1. The van der Waals surface area contributed by atoms with E-state index in [0.717, 1.165) is 51.4 Å². The van der Waals surface area contributed by atoms with Crippen LogP contribution >= 0.6 is 0 Å². The first-order valence-corrected chi connectivity index (χ1v) is 9.57. The molecule has 2 aliphatic carbocycles. The molecular weight excluding hydrogens is 312 g/mol. The first-order chi connectivity index (χ1) is 11.7. The molecule has 3 aliphatic heterocycles. The van der Waals surface area contributed by atoms with E-state index < -0.39 is 23.8 Å². The van der Waals surface area contributed by atoms with Crippen molar-refractivity contribution in [3.63, 3.8) is 0 Å². The van der Waals surface area contributed by atoms with Crippen molar-refractivity contribution >= 4 is 5.97 Å².